The van der Waals surface area contributed by atoms with Crippen LogP contribution in [0.1, 0.15) is 17.4 Å². The van der Waals surface area contributed by atoms with E-state index in [1.165, 1.54) is 17.1 Å². The molecule has 2 N–H and O–H groups in total. The van der Waals surface area contributed by atoms with Crippen LogP contribution in [0.25, 0.3) is 5.82 Å². The largest absolute Gasteiger partial charge is 0.461 e. The predicted octanol–water partition coefficient (Wildman–Crippen LogP) is 2.22. The Morgan fingerprint density at radius 2 is 2.19 bits per heavy atom. The van der Waals surface area contributed by atoms with Gasteiger partial charge in [0, 0.05) is 6.21 Å². The monoisotopic (exact) mass is 284 g/mol. The fourth-order valence-electron chi connectivity index (χ4n) is 1.65. The van der Waals surface area contributed by atoms with Crippen LogP contribution in [-0.4, -0.2) is 28.3 Å². The molecule has 0 saturated carbocycles. The van der Waals surface area contributed by atoms with Crippen molar-refractivity contribution in [1.29, 1.82) is 0 Å². The van der Waals surface area contributed by atoms with Crippen molar-refractivity contribution in [3.63, 3.8) is 0 Å². The Morgan fingerprint density at radius 1 is 1.43 bits per heavy atom. The lowest BCUT2D eigenvalue weighted by Crippen LogP contribution is -2.15. The standard InChI is InChI=1S/C15H16N4O2/c1-2-21-15(20)13-10-17-11-19(13)14(16)8-9-18-12-6-4-3-5-7-12/h3-11H,2,16H2,1H3. The number of hydrogen-bond donors (Lipinski definition) is 1. The Morgan fingerprint density at radius 3 is 2.90 bits per heavy atom. The number of ether oxygens (including phenoxy) is 1. The third kappa shape index (κ3) is 3.79. The van der Waals surface area contributed by atoms with Crippen molar-refractivity contribution in [2.45, 2.75) is 6.92 Å². The summed E-state index contributed by atoms with van der Waals surface area (Å²) in [5.41, 5.74) is 7.02. The maximum Gasteiger partial charge on any atom is 0.357 e. The molecule has 0 unspecified atom stereocenters. The van der Waals surface area contributed by atoms with Gasteiger partial charge in [0.2, 0.25) is 0 Å². The zero-order valence-corrected chi connectivity index (χ0v) is 11.6. The number of rotatable bonds is 5. The summed E-state index contributed by atoms with van der Waals surface area (Å²) in [6.07, 6.45) is 6.03. The smallest absolute Gasteiger partial charge is 0.357 e. The number of nitrogens with zero attached hydrogens (tertiary/aromatic N) is 3. The van der Waals surface area contributed by atoms with E-state index < -0.39 is 5.97 Å². The molecular weight excluding hydrogens is 268 g/mol. The van der Waals surface area contributed by atoms with Gasteiger partial charge in [-0.3, -0.25) is 9.56 Å². The second-order valence-electron chi connectivity index (χ2n) is 4.07. The summed E-state index contributed by atoms with van der Waals surface area (Å²) in [5.74, 6) is -0.137. The Balaban J connectivity index is 2.15. The first-order valence-electron chi connectivity index (χ1n) is 6.47. The van der Waals surface area contributed by atoms with Crippen molar-refractivity contribution in [2.75, 3.05) is 6.61 Å². The molecule has 1 aromatic heterocycles. The van der Waals surface area contributed by atoms with Crippen LogP contribution in [-0.2, 0) is 4.74 Å². The Kier molecular flexibility index (Phi) is 4.87. The Bertz CT molecular complexity index is 659. The van der Waals surface area contributed by atoms with Crippen LogP contribution in [0.3, 0.4) is 0 Å². The lowest BCUT2D eigenvalue weighted by Gasteiger charge is -2.06. The van der Waals surface area contributed by atoms with Gasteiger partial charge in [-0.15, -0.1) is 0 Å². The van der Waals surface area contributed by atoms with Gasteiger partial charge in [0.05, 0.1) is 18.5 Å². The molecule has 0 spiro atoms. The summed E-state index contributed by atoms with van der Waals surface area (Å²) in [5, 5.41) is 0. The first kappa shape index (κ1) is 14.5. The second-order valence-corrected chi connectivity index (χ2v) is 4.07. The van der Waals surface area contributed by atoms with E-state index in [4.69, 9.17) is 10.5 Å². The summed E-state index contributed by atoms with van der Waals surface area (Å²) in [6, 6.07) is 9.47. The third-order valence-electron chi connectivity index (χ3n) is 2.63. The molecule has 0 aliphatic rings. The van der Waals surface area contributed by atoms with E-state index in [-0.39, 0.29) is 5.69 Å². The van der Waals surface area contributed by atoms with Crippen LogP contribution < -0.4 is 5.73 Å². The van der Waals surface area contributed by atoms with Crippen LogP contribution >= 0.6 is 0 Å². The Hall–Kier alpha value is -2.89. The van der Waals surface area contributed by atoms with Crippen molar-refractivity contribution >= 4 is 23.7 Å². The highest BCUT2D eigenvalue weighted by Gasteiger charge is 2.13. The highest BCUT2D eigenvalue weighted by molar-refractivity contribution is 5.89. The van der Waals surface area contributed by atoms with E-state index in [2.05, 4.69) is 9.98 Å². The molecule has 0 amide bonds. The zero-order valence-electron chi connectivity index (χ0n) is 11.6. The van der Waals surface area contributed by atoms with Gasteiger partial charge in [-0.2, -0.15) is 0 Å². The van der Waals surface area contributed by atoms with Crippen molar-refractivity contribution in [2.24, 2.45) is 10.7 Å². The van der Waals surface area contributed by atoms with Gasteiger partial charge in [-0.05, 0) is 25.1 Å². The topological polar surface area (TPSA) is 82.5 Å². The van der Waals surface area contributed by atoms with E-state index in [1.54, 1.807) is 19.2 Å². The quantitative estimate of drug-likeness (QED) is 0.674. The van der Waals surface area contributed by atoms with Crippen LogP contribution in [0.2, 0.25) is 0 Å². The van der Waals surface area contributed by atoms with Gasteiger partial charge in [0.1, 0.15) is 12.1 Å². The van der Waals surface area contributed by atoms with Crippen LogP contribution in [0.4, 0.5) is 5.69 Å². The molecule has 0 saturated heterocycles. The number of benzene rings is 1. The molecule has 2 aromatic rings. The van der Waals surface area contributed by atoms with Gasteiger partial charge < -0.3 is 10.5 Å². The van der Waals surface area contributed by atoms with Gasteiger partial charge >= 0.3 is 5.97 Å². The summed E-state index contributed by atoms with van der Waals surface area (Å²) in [7, 11) is 0. The van der Waals surface area contributed by atoms with E-state index in [9.17, 15) is 4.79 Å². The number of allylic oxidation sites excluding steroid dienone is 1. The van der Waals surface area contributed by atoms with Gasteiger partial charge in [-0.1, -0.05) is 18.2 Å². The van der Waals surface area contributed by atoms with E-state index in [0.29, 0.717) is 12.4 Å². The van der Waals surface area contributed by atoms with E-state index >= 15 is 0 Å². The molecule has 0 aliphatic carbocycles. The van der Waals surface area contributed by atoms with Crippen molar-refractivity contribution < 1.29 is 9.53 Å². The maximum absolute atomic E-state index is 11.7. The molecule has 108 valence electrons. The molecule has 0 bridgehead atoms. The van der Waals surface area contributed by atoms with Gasteiger partial charge in [0.25, 0.3) is 0 Å². The van der Waals surface area contributed by atoms with Crippen molar-refractivity contribution in [1.82, 2.24) is 9.55 Å². The molecule has 0 atom stereocenters. The first-order valence-corrected chi connectivity index (χ1v) is 6.47. The van der Waals surface area contributed by atoms with Crippen LogP contribution in [0.15, 0.2) is 53.9 Å². The molecule has 21 heavy (non-hydrogen) atoms. The van der Waals surface area contributed by atoms with Crippen molar-refractivity contribution in [3.8, 4) is 0 Å². The predicted molar refractivity (Wildman–Crippen MR) is 81.2 cm³/mol. The normalized spacial score (nSPS) is 11.8. The number of imidazole rings is 1. The second kappa shape index (κ2) is 7.04. The van der Waals surface area contributed by atoms with Gasteiger partial charge in [0.15, 0.2) is 5.69 Å². The molecule has 1 aromatic carbocycles. The number of nitrogens with two attached hydrogens (primary N) is 1. The minimum Gasteiger partial charge on any atom is -0.461 e. The number of hydrogen-bond acceptors (Lipinski definition) is 5. The van der Waals surface area contributed by atoms with Crippen molar-refractivity contribution in [3.05, 3.63) is 54.6 Å². The summed E-state index contributed by atoms with van der Waals surface area (Å²) < 4.78 is 6.39. The molecule has 1 heterocycles. The lowest BCUT2D eigenvalue weighted by molar-refractivity contribution is 0.0517. The maximum atomic E-state index is 11.7. The molecule has 2 rings (SSSR count). The summed E-state index contributed by atoms with van der Waals surface area (Å²) in [4.78, 5) is 19.9. The average Bonchev–Trinajstić information content (AvgIpc) is 2.98. The molecule has 0 radical (unpaired) electrons. The lowest BCUT2D eigenvalue weighted by atomic mass is 10.3. The molecule has 0 fully saturated rings. The van der Waals surface area contributed by atoms with Crippen LogP contribution in [0, 0.1) is 0 Å². The third-order valence-corrected chi connectivity index (χ3v) is 2.63. The highest BCUT2D eigenvalue weighted by atomic mass is 16.5. The molecule has 6 heteroatoms. The summed E-state index contributed by atoms with van der Waals surface area (Å²) >= 11 is 0. The van der Waals surface area contributed by atoms with Crippen LogP contribution in [0.5, 0.6) is 0 Å². The van der Waals surface area contributed by atoms with Gasteiger partial charge in [-0.25, -0.2) is 9.78 Å². The fraction of sp³-hybridized carbons (Fsp3) is 0.133. The minimum absolute atomic E-state index is 0.277. The number of carbonyl (C=O) groups is 1. The number of esters is 1. The molecule has 0 aliphatic heterocycles. The Labute approximate surface area is 122 Å². The SMILES string of the molecule is CCOC(=O)c1cncn1C(N)=CC=Nc1ccccc1. The zero-order chi connectivity index (χ0) is 15.1. The molecule has 6 nitrogen and oxygen atoms in total. The first-order chi connectivity index (χ1) is 10.2. The summed E-state index contributed by atoms with van der Waals surface area (Å²) in [6.45, 7) is 2.04. The number of aliphatic imine (C=N–C) groups is 1. The minimum atomic E-state index is -0.466. The van der Waals surface area contributed by atoms with E-state index in [0.717, 1.165) is 5.69 Å². The fourth-order valence-corrected chi connectivity index (χ4v) is 1.65. The average molecular weight is 284 g/mol. The number of carbonyl (C=O) groups excluding carboxylic acids is 1. The molecular formula is C15H16N4O2. The van der Waals surface area contributed by atoms with E-state index in [1.807, 2.05) is 30.3 Å². The number of aromatic nitrogens is 2. The highest BCUT2D eigenvalue weighted by Crippen LogP contribution is 2.09. The number of para-hydroxylation sites is 1.